The molecule has 1 atom stereocenters. The van der Waals surface area contributed by atoms with Gasteiger partial charge in [0.1, 0.15) is 0 Å². The van der Waals surface area contributed by atoms with E-state index in [-0.39, 0.29) is 5.38 Å². The van der Waals surface area contributed by atoms with Crippen molar-refractivity contribution in [2.75, 3.05) is 13.1 Å². The van der Waals surface area contributed by atoms with Crippen molar-refractivity contribution in [3.05, 3.63) is 33.8 Å². The monoisotopic (exact) mass is 305 g/mol. The van der Waals surface area contributed by atoms with Crippen LogP contribution in [0, 0.1) is 5.92 Å². The second-order valence-electron chi connectivity index (χ2n) is 5.03. The summed E-state index contributed by atoms with van der Waals surface area (Å²) in [7, 11) is 0. The third-order valence-electron chi connectivity index (χ3n) is 3.68. The molecule has 4 heteroatoms. The van der Waals surface area contributed by atoms with E-state index >= 15 is 0 Å². The van der Waals surface area contributed by atoms with Gasteiger partial charge in [0.15, 0.2) is 0 Å². The lowest BCUT2D eigenvalue weighted by Gasteiger charge is -2.33. The van der Waals surface area contributed by atoms with Crippen molar-refractivity contribution in [2.24, 2.45) is 5.92 Å². The highest BCUT2D eigenvalue weighted by atomic mass is 35.5. The third-order valence-corrected chi connectivity index (χ3v) is 4.64. The fraction of sp³-hybridized carbons (Fsp3) is 0.571. The number of halogens is 3. The highest BCUT2D eigenvalue weighted by Gasteiger charge is 2.22. The number of piperidine rings is 1. The van der Waals surface area contributed by atoms with Gasteiger partial charge in [-0.1, -0.05) is 23.2 Å². The lowest BCUT2D eigenvalue weighted by atomic mass is 9.94. The van der Waals surface area contributed by atoms with Crippen molar-refractivity contribution in [2.45, 2.75) is 31.7 Å². The summed E-state index contributed by atoms with van der Waals surface area (Å²) >= 11 is 18.3. The summed E-state index contributed by atoms with van der Waals surface area (Å²) in [5, 5.41) is 1.83. The predicted molar refractivity (Wildman–Crippen MR) is 79.8 cm³/mol. The van der Waals surface area contributed by atoms with E-state index in [0.29, 0.717) is 5.92 Å². The summed E-state index contributed by atoms with van der Waals surface area (Å²) in [4.78, 5) is 2.42. The van der Waals surface area contributed by atoms with Crippen molar-refractivity contribution in [1.82, 2.24) is 4.90 Å². The van der Waals surface area contributed by atoms with Gasteiger partial charge in [-0.25, -0.2) is 0 Å². The Morgan fingerprint density at radius 2 is 1.94 bits per heavy atom. The molecule has 0 spiro atoms. The summed E-state index contributed by atoms with van der Waals surface area (Å²) in [6.45, 7) is 5.15. The second kappa shape index (κ2) is 6.47. The van der Waals surface area contributed by atoms with Gasteiger partial charge in [0.2, 0.25) is 0 Å². The van der Waals surface area contributed by atoms with Gasteiger partial charge in [-0.05, 0) is 62.5 Å². The molecule has 1 unspecified atom stereocenters. The molecule has 2 rings (SSSR count). The van der Waals surface area contributed by atoms with Crippen LogP contribution in [0.3, 0.4) is 0 Å². The lowest BCUT2D eigenvalue weighted by molar-refractivity contribution is 0.176. The van der Waals surface area contributed by atoms with Gasteiger partial charge in [-0.2, -0.15) is 0 Å². The topological polar surface area (TPSA) is 3.24 Å². The van der Waals surface area contributed by atoms with Crippen LogP contribution in [0.5, 0.6) is 0 Å². The van der Waals surface area contributed by atoms with Crippen LogP contribution >= 0.6 is 34.8 Å². The average molecular weight is 307 g/mol. The molecule has 0 aliphatic carbocycles. The Balaban J connectivity index is 1.93. The van der Waals surface area contributed by atoms with Crippen molar-refractivity contribution in [3.8, 4) is 0 Å². The Morgan fingerprint density at radius 3 is 2.56 bits per heavy atom. The Kier molecular flexibility index (Phi) is 5.20. The SMILES string of the molecule is CC(Cl)C1CCN(Cc2cc(Cl)ccc2Cl)CC1. The molecular formula is C14H18Cl3N. The van der Waals surface area contributed by atoms with Crippen LogP contribution in [0.4, 0.5) is 0 Å². The molecule has 0 saturated carbocycles. The molecule has 0 amide bonds. The van der Waals surface area contributed by atoms with Crippen LogP contribution in [0.25, 0.3) is 0 Å². The average Bonchev–Trinajstić information content (AvgIpc) is 2.34. The number of likely N-dealkylation sites (tertiary alicyclic amines) is 1. The van der Waals surface area contributed by atoms with Crippen molar-refractivity contribution in [3.63, 3.8) is 0 Å². The van der Waals surface area contributed by atoms with Gasteiger partial charge in [0, 0.05) is 22.0 Å². The van der Waals surface area contributed by atoms with Crippen LogP contribution in [0.1, 0.15) is 25.3 Å². The zero-order valence-corrected chi connectivity index (χ0v) is 12.8. The molecule has 1 heterocycles. The minimum absolute atomic E-state index is 0.280. The minimum atomic E-state index is 0.280. The molecule has 0 radical (unpaired) electrons. The fourth-order valence-corrected chi connectivity index (χ4v) is 3.10. The van der Waals surface area contributed by atoms with E-state index in [1.165, 1.54) is 12.8 Å². The van der Waals surface area contributed by atoms with E-state index in [1.807, 2.05) is 18.2 Å². The Morgan fingerprint density at radius 1 is 1.28 bits per heavy atom. The molecule has 1 saturated heterocycles. The maximum absolute atomic E-state index is 6.19. The summed E-state index contributed by atoms with van der Waals surface area (Å²) in [6.07, 6.45) is 2.34. The van der Waals surface area contributed by atoms with Crippen LogP contribution < -0.4 is 0 Å². The molecule has 1 fully saturated rings. The zero-order valence-electron chi connectivity index (χ0n) is 10.5. The Bertz CT molecular complexity index is 398. The molecule has 0 aromatic heterocycles. The van der Waals surface area contributed by atoms with Crippen LogP contribution in [-0.2, 0) is 6.54 Å². The number of hydrogen-bond acceptors (Lipinski definition) is 1. The van der Waals surface area contributed by atoms with E-state index in [0.717, 1.165) is 35.2 Å². The van der Waals surface area contributed by atoms with Gasteiger partial charge < -0.3 is 0 Å². The predicted octanol–water partition coefficient (Wildman–Crippen LogP) is 4.83. The minimum Gasteiger partial charge on any atom is -0.299 e. The highest BCUT2D eigenvalue weighted by Crippen LogP contribution is 2.27. The fourth-order valence-electron chi connectivity index (χ4n) is 2.48. The van der Waals surface area contributed by atoms with Crippen LogP contribution in [0.15, 0.2) is 18.2 Å². The molecule has 1 aromatic carbocycles. The van der Waals surface area contributed by atoms with Crippen molar-refractivity contribution < 1.29 is 0 Å². The number of hydrogen-bond donors (Lipinski definition) is 0. The van der Waals surface area contributed by atoms with E-state index in [9.17, 15) is 0 Å². The molecule has 0 bridgehead atoms. The number of nitrogens with zero attached hydrogens (tertiary/aromatic N) is 1. The van der Waals surface area contributed by atoms with Crippen LogP contribution in [0.2, 0.25) is 10.0 Å². The molecule has 1 nitrogen and oxygen atoms in total. The largest absolute Gasteiger partial charge is 0.299 e. The first-order chi connectivity index (χ1) is 8.56. The lowest BCUT2D eigenvalue weighted by Crippen LogP contribution is -2.35. The van der Waals surface area contributed by atoms with Gasteiger partial charge in [0.05, 0.1) is 0 Å². The molecule has 100 valence electrons. The molecule has 0 N–H and O–H groups in total. The van der Waals surface area contributed by atoms with E-state index in [1.54, 1.807) is 0 Å². The molecule has 18 heavy (non-hydrogen) atoms. The first-order valence-electron chi connectivity index (χ1n) is 6.36. The normalized spacial score (nSPS) is 20.0. The highest BCUT2D eigenvalue weighted by molar-refractivity contribution is 6.33. The number of alkyl halides is 1. The molecule has 1 aromatic rings. The van der Waals surface area contributed by atoms with Crippen LogP contribution in [-0.4, -0.2) is 23.4 Å². The summed E-state index contributed by atoms with van der Waals surface area (Å²) in [5.41, 5.74) is 1.11. The van der Waals surface area contributed by atoms with E-state index < -0.39 is 0 Å². The number of rotatable bonds is 3. The van der Waals surface area contributed by atoms with Gasteiger partial charge in [-0.15, -0.1) is 11.6 Å². The van der Waals surface area contributed by atoms with Gasteiger partial charge >= 0.3 is 0 Å². The smallest absolute Gasteiger partial charge is 0.0452 e. The summed E-state index contributed by atoms with van der Waals surface area (Å²) in [6, 6.07) is 5.65. The van der Waals surface area contributed by atoms with E-state index in [2.05, 4.69) is 11.8 Å². The first kappa shape index (κ1) is 14.5. The molecular weight excluding hydrogens is 289 g/mol. The van der Waals surface area contributed by atoms with Gasteiger partial charge in [0.25, 0.3) is 0 Å². The summed E-state index contributed by atoms with van der Waals surface area (Å²) in [5.74, 6) is 0.651. The second-order valence-corrected chi connectivity index (χ2v) is 6.56. The Labute approximate surface area is 124 Å². The quantitative estimate of drug-likeness (QED) is 0.723. The maximum Gasteiger partial charge on any atom is 0.0452 e. The summed E-state index contributed by atoms with van der Waals surface area (Å²) < 4.78 is 0. The first-order valence-corrected chi connectivity index (χ1v) is 7.56. The standard InChI is InChI=1S/C14H18Cl3N/c1-10(15)11-4-6-18(7-5-11)9-12-8-13(16)2-3-14(12)17/h2-3,8,10-11H,4-7,9H2,1H3. The van der Waals surface area contributed by atoms with E-state index in [4.69, 9.17) is 34.8 Å². The van der Waals surface area contributed by atoms with Crippen molar-refractivity contribution in [1.29, 1.82) is 0 Å². The van der Waals surface area contributed by atoms with Crippen molar-refractivity contribution >= 4 is 34.8 Å². The molecule has 1 aliphatic heterocycles. The maximum atomic E-state index is 6.19. The number of benzene rings is 1. The molecule has 1 aliphatic rings. The van der Waals surface area contributed by atoms with Gasteiger partial charge in [-0.3, -0.25) is 4.90 Å². The third kappa shape index (κ3) is 3.77. The Hall–Kier alpha value is 0.0500. The zero-order chi connectivity index (χ0) is 13.1.